The van der Waals surface area contributed by atoms with Crippen LogP contribution in [0.4, 0.5) is 5.69 Å². The molecule has 0 bridgehead atoms. The molecule has 1 saturated heterocycles. The number of rotatable bonds is 7. The summed E-state index contributed by atoms with van der Waals surface area (Å²) in [5.74, 6) is -0.493. The highest BCUT2D eigenvalue weighted by molar-refractivity contribution is 7.91. The number of benzene rings is 2. The maximum atomic E-state index is 12.9. The first-order valence-corrected chi connectivity index (χ1v) is 12.7. The van der Waals surface area contributed by atoms with Crippen molar-refractivity contribution in [3.05, 3.63) is 57.2 Å². The summed E-state index contributed by atoms with van der Waals surface area (Å²) in [6.45, 7) is 0.930. The molecule has 4 rings (SSSR count). The maximum absolute atomic E-state index is 12.9. The number of carbonyl (C=O) groups excluding carboxylic acids is 1. The molecule has 11 heteroatoms. The van der Waals surface area contributed by atoms with Crippen LogP contribution in [0, 0.1) is 5.41 Å². The minimum absolute atomic E-state index is 0.00169. The summed E-state index contributed by atoms with van der Waals surface area (Å²) in [6.07, 6.45) is 0.519. The monoisotopic (exact) mass is 491 g/mol. The van der Waals surface area contributed by atoms with Crippen molar-refractivity contribution in [2.45, 2.75) is 23.9 Å². The van der Waals surface area contributed by atoms with E-state index < -0.39 is 15.9 Å². The fourth-order valence-electron chi connectivity index (χ4n) is 3.68. The van der Waals surface area contributed by atoms with Gasteiger partial charge in [0.2, 0.25) is 5.91 Å². The summed E-state index contributed by atoms with van der Waals surface area (Å²) in [4.78, 5) is 15.2. The lowest BCUT2D eigenvalue weighted by molar-refractivity contribution is -0.129. The third-order valence-corrected chi connectivity index (χ3v) is 8.38. The topological polar surface area (TPSA) is 142 Å². The van der Waals surface area contributed by atoms with Crippen LogP contribution in [0.1, 0.15) is 16.9 Å². The van der Waals surface area contributed by atoms with Gasteiger partial charge in [-0.05, 0) is 47.0 Å². The molecule has 1 fully saturated rings. The van der Waals surface area contributed by atoms with Gasteiger partial charge in [-0.3, -0.25) is 15.5 Å². The van der Waals surface area contributed by atoms with Crippen LogP contribution >= 0.6 is 22.9 Å². The van der Waals surface area contributed by atoms with Crippen LogP contribution in [-0.2, 0) is 21.2 Å². The number of amidine groups is 1. The Morgan fingerprint density at radius 1 is 1.28 bits per heavy atom. The molecule has 3 aromatic rings. The molecular formula is C21H22ClN5O3S2. The summed E-state index contributed by atoms with van der Waals surface area (Å²) in [5, 5.41) is 14.0. The number of hydrogen-bond acceptors (Lipinski definition) is 7. The standard InChI is InChI=1S/C21H22ClN5O3S2/c22-19-15-3-2-14(8-13(15)1-4-16(19)23)32(29,30)11-26-17-5-6-27(21(17)28)9-12-7-18(20(24)25)31-10-12/h1-4,7-8,10,17,26H,5-6,9,11,23H2,(H3,24,25)/t17-/m0/s1. The fourth-order valence-corrected chi connectivity index (χ4v) is 5.85. The molecule has 6 N–H and O–H groups in total. The third kappa shape index (κ3) is 4.44. The zero-order valence-electron chi connectivity index (χ0n) is 17.0. The lowest BCUT2D eigenvalue weighted by Gasteiger charge is -2.16. The quantitative estimate of drug-likeness (QED) is 0.227. The van der Waals surface area contributed by atoms with Gasteiger partial charge in [0.15, 0.2) is 9.84 Å². The molecule has 2 aromatic carbocycles. The highest BCUT2D eigenvalue weighted by Crippen LogP contribution is 2.30. The molecule has 1 amide bonds. The first-order chi connectivity index (χ1) is 15.2. The zero-order valence-corrected chi connectivity index (χ0v) is 19.4. The van der Waals surface area contributed by atoms with Crippen molar-refractivity contribution in [3.63, 3.8) is 0 Å². The number of nitrogens with one attached hydrogen (secondary N) is 2. The van der Waals surface area contributed by atoms with Gasteiger partial charge in [0, 0.05) is 18.5 Å². The molecule has 0 radical (unpaired) electrons. The maximum Gasteiger partial charge on any atom is 0.240 e. The van der Waals surface area contributed by atoms with Gasteiger partial charge >= 0.3 is 0 Å². The van der Waals surface area contributed by atoms with E-state index in [0.717, 1.165) is 5.56 Å². The molecule has 2 heterocycles. The Kier molecular flexibility index (Phi) is 6.13. The Labute approximate surface area is 194 Å². The third-order valence-electron chi connectivity index (χ3n) is 5.42. The molecule has 0 unspecified atom stereocenters. The van der Waals surface area contributed by atoms with Crippen LogP contribution in [-0.4, -0.2) is 43.5 Å². The number of amides is 1. The summed E-state index contributed by atoms with van der Waals surface area (Å²) >= 11 is 7.56. The average Bonchev–Trinajstić information content (AvgIpc) is 3.37. The Balaban J connectivity index is 1.41. The van der Waals surface area contributed by atoms with Crippen LogP contribution in [0.3, 0.4) is 0 Å². The number of halogens is 1. The highest BCUT2D eigenvalue weighted by atomic mass is 35.5. The predicted octanol–water partition coefficient (Wildman–Crippen LogP) is 2.54. The molecule has 32 heavy (non-hydrogen) atoms. The second-order valence-electron chi connectivity index (χ2n) is 7.65. The molecular weight excluding hydrogens is 470 g/mol. The lowest BCUT2D eigenvalue weighted by Crippen LogP contribution is -2.40. The molecule has 0 spiro atoms. The van der Waals surface area contributed by atoms with E-state index >= 15 is 0 Å². The van der Waals surface area contributed by atoms with E-state index in [9.17, 15) is 13.2 Å². The Morgan fingerprint density at radius 2 is 2.06 bits per heavy atom. The van der Waals surface area contributed by atoms with Gasteiger partial charge in [0.1, 0.15) is 11.7 Å². The minimum Gasteiger partial charge on any atom is -0.398 e. The number of sulfone groups is 1. The number of carbonyl (C=O) groups is 1. The van der Waals surface area contributed by atoms with Gasteiger partial charge in [-0.1, -0.05) is 23.7 Å². The molecule has 1 atom stereocenters. The van der Waals surface area contributed by atoms with Gasteiger partial charge in [0.25, 0.3) is 0 Å². The van der Waals surface area contributed by atoms with Gasteiger partial charge in [-0.2, -0.15) is 0 Å². The molecule has 1 aromatic heterocycles. The summed E-state index contributed by atoms with van der Waals surface area (Å²) in [6, 6.07) is 9.29. The molecule has 0 aliphatic carbocycles. The first-order valence-electron chi connectivity index (χ1n) is 9.80. The van der Waals surface area contributed by atoms with Crippen molar-refractivity contribution in [3.8, 4) is 0 Å². The van der Waals surface area contributed by atoms with E-state index in [2.05, 4.69) is 5.32 Å². The summed E-state index contributed by atoms with van der Waals surface area (Å²) in [5.41, 5.74) is 12.6. The highest BCUT2D eigenvalue weighted by Gasteiger charge is 2.32. The van der Waals surface area contributed by atoms with Crippen molar-refractivity contribution >= 4 is 61.0 Å². The Morgan fingerprint density at radius 3 is 2.78 bits per heavy atom. The number of likely N-dealkylation sites (tertiary alicyclic amines) is 1. The van der Waals surface area contributed by atoms with Crippen LogP contribution in [0.2, 0.25) is 5.02 Å². The van der Waals surface area contributed by atoms with E-state index in [1.807, 2.05) is 5.38 Å². The number of anilines is 1. The molecule has 8 nitrogen and oxygen atoms in total. The predicted molar refractivity (Wildman–Crippen MR) is 128 cm³/mol. The van der Waals surface area contributed by atoms with Crippen LogP contribution < -0.4 is 16.8 Å². The normalized spacial score (nSPS) is 16.7. The second kappa shape index (κ2) is 8.70. The van der Waals surface area contributed by atoms with E-state index in [1.54, 1.807) is 35.2 Å². The van der Waals surface area contributed by atoms with Crippen molar-refractivity contribution in [2.75, 3.05) is 18.2 Å². The van der Waals surface area contributed by atoms with Crippen LogP contribution in [0.15, 0.2) is 46.7 Å². The van der Waals surface area contributed by atoms with Crippen molar-refractivity contribution in [2.24, 2.45) is 5.73 Å². The molecule has 1 aliphatic rings. The summed E-state index contributed by atoms with van der Waals surface area (Å²) in [7, 11) is -3.66. The second-order valence-corrected chi connectivity index (χ2v) is 10.9. The van der Waals surface area contributed by atoms with E-state index in [4.69, 9.17) is 28.5 Å². The smallest absolute Gasteiger partial charge is 0.240 e. The number of nitrogens with zero attached hydrogens (tertiary/aromatic N) is 1. The number of nitrogens with two attached hydrogens (primary N) is 2. The number of hydrogen-bond donors (Lipinski definition) is 4. The van der Waals surface area contributed by atoms with Gasteiger partial charge in [-0.25, -0.2) is 8.42 Å². The fraction of sp³-hybridized carbons (Fsp3) is 0.238. The largest absolute Gasteiger partial charge is 0.398 e. The number of nitrogen functional groups attached to an aromatic ring is 2. The zero-order chi connectivity index (χ0) is 23.0. The Bertz CT molecular complexity index is 1320. The Hall–Kier alpha value is -2.66. The molecule has 0 saturated carbocycles. The average molecular weight is 492 g/mol. The lowest BCUT2D eigenvalue weighted by atomic mass is 10.1. The SMILES string of the molecule is N=C(N)c1cc(CN2CC[C@H](NCS(=O)(=O)c3ccc4c(Cl)c(N)ccc4c3)C2=O)cs1. The van der Waals surface area contributed by atoms with Gasteiger partial charge < -0.3 is 16.4 Å². The van der Waals surface area contributed by atoms with E-state index in [1.165, 1.54) is 17.4 Å². The van der Waals surface area contributed by atoms with Crippen LogP contribution in [0.25, 0.3) is 10.8 Å². The first kappa shape index (κ1) is 22.5. The summed E-state index contributed by atoms with van der Waals surface area (Å²) < 4.78 is 25.7. The van der Waals surface area contributed by atoms with E-state index in [-0.39, 0.29) is 22.5 Å². The van der Waals surface area contributed by atoms with E-state index in [0.29, 0.717) is 45.9 Å². The minimum atomic E-state index is -3.66. The van der Waals surface area contributed by atoms with Crippen LogP contribution in [0.5, 0.6) is 0 Å². The van der Waals surface area contributed by atoms with Gasteiger partial charge in [0.05, 0.1) is 26.5 Å². The number of thiophene rings is 1. The molecule has 1 aliphatic heterocycles. The van der Waals surface area contributed by atoms with Crippen molar-refractivity contribution < 1.29 is 13.2 Å². The van der Waals surface area contributed by atoms with Gasteiger partial charge in [-0.15, -0.1) is 11.3 Å². The number of fused-ring (bicyclic) bond motifs is 1. The van der Waals surface area contributed by atoms with Crippen molar-refractivity contribution in [1.29, 1.82) is 5.41 Å². The van der Waals surface area contributed by atoms with Crippen molar-refractivity contribution in [1.82, 2.24) is 10.2 Å². The molecule has 168 valence electrons.